The molecule has 1 unspecified atom stereocenters. The molecular formula is C13H18IN3O3S. The lowest BCUT2D eigenvalue weighted by Crippen LogP contribution is -2.59. The summed E-state index contributed by atoms with van der Waals surface area (Å²) in [5.41, 5.74) is 0. The molecule has 1 atom stereocenters. The average molecular weight is 423 g/mol. The fraction of sp³-hybridized carbons (Fsp3) is 0.462. The van der Waals surface area contributed by atoms with Gasteiger partial charge in [-0.2, -0.15) is 4.31 Å². The number of sulfonamides is 1. The molecule has 1 saturated heterocycles. The molecule has 1 fully saturated rings. The van der Waals surface area contributed by atoms with Crippen LogP contribution in [0.4, 0.5) is 0 Å². The van der Waals surface area contributed by atoms with Gasteiger partial charge >= 0.3 is 0 Å². The van der Waals surface area contributed by atoms with Crippen LogP contribution in [0.2, 0.25) is 0 Å². The molecule has 1 aliphatic rings. The molecule has 21 heavy (non-hydrogen) atoms. The third kappa shape index (κ3) is 3.74. The highest BCUT2D eigenvalue weighted by Gasteiger charge is 2.37. The van der Waals surface area contributed by atoms with Gasteiger partial charge in [0.25, 0.3) is 0 Å². The van der Waals surface area contributed by atoms with Crippen molar-refractivity contribution in [3.05, 3.63) is 27.8 Å². The number of carbonyl (C=O) groups excluding carboxylic acids is 1. The number of benzene rings is 1. The van der Waals surface area contributed by atoms with Crippen molar-refractivity contribution < 1.29 is 13.2 Å². The molecule has 0 spiro atoms. The van der Waals surface area contributed by atoms with Crippen LogP contribution in [0.15, 0.2) is 29.2 Å². The summed E-state index contributed by atoms with van der Waals surface area (Å²) in [6, 6.07) is 5.94. The molecule has 1 aliphatic heterocycles. The van der Waals surface area contributed by atoms with E-state index in [0.29, 0.717) is 19.6 Å². The molecule has 2 N–H and O–H groups in total. The lowest BCUT2D eigenvalue weighted by atomic mass is 10.2. The highest BCUT2D eigenvalue weighted by molar-refractivity contribution is 14.1. The van der Waals surface area contributed by atoms with Crippen molar-refractivity contribution in [3.8, 4) is 0 Å². The van der Waals surface area contributed by atoms with Gasteiger partial charge in [-0.05, 0) is 53.8 Å². The van der Waals surface area contributed by atoms with E-state index in [-0.39, 0.29) is 17.3 Å². The summed E-state index contributed by atoms with van der Waals surface area (Å²) >= 11 is 2.12. The molecule has 1 heterocycles. The summed E-state index contributed by atoms with van der Waals surface area (Å²) in [5, 5.41) is 5.76. The summed E-state index contributed by atoms with van der Waals surface area (Å²) < 4.78 is 27.7. The zero-order chi connectivity index (χ0) is 15.5. The largest absolute Gasteiger partial charge is 0.355 e. The normalized spacial score (nSPS) is 20.2. The van der Waals surface area contributed by atoms with Gasteiger partial charge in [0, 0.05) is 29.7 Å². The van der Waals surface area contributed by atoms with Crippen LogP contribution in [0, 0.1) is 3.57 Å². The Morgan fingerprint density at radius 3 is 2.71 bits per heavy atom. The van der Waals surface area contributed by atoms with Gasteiger partial charge in [0.1, 0.15) is 6.04 Å². The van der Waals surface area contributed by atoms with Crippen molar-refractivity contribution in [1.29, 1.82) is 0 Å². The monoisotopic (exact) mass is 423 g/mol. The van der Waals surface area contributed by atoms with Crippen LogP contribution in [0.3, 0.4) is 0 Å². The summed E-state index contributed by atoms with van der Waals surface area (Å²) in [6.07, 6.45) is 0. The van der Waals surface area contributed by atoms with Gasteiger partial charge in [-0.1, -0.05) is 0 Å². The number of carbonyl (C=O) groups is 1. The smallest absolute Gasteiger partial charge is 0.243 e. The number of nitrogens with one attached hydrogen (secondary N) is 2. The Kier molecular flexibility index (Phi) is 5.58. The number of hydrogen-bond acceptors (Lipinski definition) is 4. The number of likely N-dealkylation sites (N-methyl/N-ethyl adjacent to an activating group) is 1. The Morgan fingerprint density at radius 2 is 2.10 bits per heavy atom. The maximum absolute atomic E-state index is 12.7. The highest BCUT2D eigenvalue weighted by atomic mass is 127. The van der Waals surface area contributed by atoms with Gasteiger partial charge in [-0.3, -0.25) is 4.79 Å². The van der Waals surface area contributed by atoms with E-state index in [1.165, 1.54) is 4.31 Å². The molecule has 0 saturated carbocycles. The predicted octanol–water partition coefficient (Wildman–Crippen LogP) is 0.390. The number of nitrogens with zero attached hydrogens (tertiary/aromatic N) is 1. The first-order valence-corrected chi connectivity index (χ1v) is 9.24. The van der Waals surface area contributed by atoms with E-state index in [1.807, 2.05) is 6.92 Å². The lowest BCUT2D eigenvalue weighted by molar-refractivity contribution is -0.125. The van der Waals surface area contributed by atoms with E-state index in [2.05, 4.69) is 33.2 Å². The average Bonchev–Trinajstić information content (AvgIpc) is 2.48. The summed E-state index contributed by atoms with van der Waals surface area (Å²) in [5.74, 6) is -0.265. The minimum Gasteiger partial charge on any atom is -0.355 e. The minimum absolute atomic E-state index is 0.221. The molecule has 0 aliphatic carbocycles. The van der Waals surface area contributed by atoms with Crippen molar-refractivity contribution in [3.63, 3.8) is 0 Å². The second-order valence-electron chi connectivity index (χ2n) is 4.68. The molecule has 1 aromatic carbocycles. The highest BCUT2D eigenvalue weighted by Crippen LogP contribution is 2.20. The standard InChI is InChI=1S/C13H18IN3O3S/c1-2-16-13(18)12-9-15-7-8-17(12)21(19,20)11-5-3-10(14)4-6-11/h3-6,12,15H,2,7-9H2,1H3,(H,16,18). The van der Waals surface area contributed by atoms with Crippen molar-refractivity contribution >= 4 is 38.5 Å². The minimum atomic E-state index is -3.66. The van der Waals surface area contributed by atoms with Crippen LogP contribution in [-0.4, -0.2) is 50.9 Å². The van der Waals surface area contributed by atoms with Gasteiger partial charge in [-0.25, -0.2) is 8.42 Å². The van der Waals surface area contributed by atoms with Crippen LogP contribution in [-0.2, 0) is 14.8 Å². The lowest BCUT2D eigenvalue weighted by Gasteiger charge is -2.34. The van der Waals surface area contributed by atoms with Gasteiger partial charge in [-0.15, -0.1) is 0 Å². The Balaban J connectivity index is 2.31. The molecule has 0 aromatic heterocycles. The fourth-order valence-electron chi connectivity index (χ4n) is 2.23. The van der Waals surface area contributed by atoms with Crippen molar-refractivity contribution in [2.45, 2.75) is 17.9 Å². The van der Waals surface area contributed by atoms with Gasteiger partial charge in [0.05, 0.1) is 4.90 Å². The molecule has 6 nitrogen and oxygen atoms in total. The van der Waals surface area contributed by atoms with E-state index >= 15 is 0 Å². The maximum Gasteiger partial charge on any atom is 0.243 e. The number of hydrogen-bond donors (Lipinski definition) is 2. The zero-order valence-electron chi connectivity index (χ0n) is 11.7. The first-order valence-electron chi connectivity index (χ1n) is 6.72. The molecule has 8 heteroatoms. The second kappa shape index (κ2) is 7.03. The number of halogens is 1. The number of amides is 1. The predicted molar refractivity (Wildman–Crippen MR) is 88.4 cm³/mol. The third-order valence-corrected chi connectivity index (χ3v) is 5.91. The molecule has 0 bridgehead atoms. The second-order valence-corrected chi connectivity index (χ2v) is 7.82. The number of piperazine rings is 1. The van der Waals surface area contributed by atoms with E-state index in [9.17, 15) is 13.2 Å². The molecule has 2 rings (SSSR count). The third-order valence-electron chi connectivity index (χ3n) is 3.27. The van der Waals surface area contributed by atoms with E-state index < -0.39 is 16.1 Å². The quantitative estimate of drug-likeness (QED) is 0.688. The summed E-state index contributed by atoms with van der Waals surface area (Å²) in [6.45, 7) is 3.45. The maximum atomic E-state index is 12.7. The van der Waals surface area contributed by atoms with Gasteiger partial charge < -0.3 is 10.6 Å². The van der Waals surface area contributed by atoms with Crippen molar-refractivity contribution in [2.24, 2.45) is 0 Å². The van der Waals surface area contributed by atoms with Crippen LogP contribution in [0.25, 0.3) is 0 Å². The van der Waals surface area contributed by atoms with E-state index in [1.54, 1.807) is 24.3 Å². The Morgan fingerprint density at radius 1 is 1.43 bits per heavy atom. The van der Waals surface area contributed by atoms with E-state index in [0.717, 1.165) is 3.57 Å². The van der Waals surface area contributed by atoms with Crippen molar-refractivity contribution in [2.75, 3.05) is 26.2 Å². The molecule has 0 radical (unpaired) electrons. The van der Waals surface area contributed by atoms with Gasteiger partial charge in [0.2, 0.25) is 15.9 Å². The molecule has 1 amide bonds. The van der Waals surface area contributed by atoms with Gasteiger partial charge in [0.15, 0.2) is 0 Å². The molecule has 116 valence electrons. The summed E-state index contributed by atoms with van der Waals surface area (Å²) in [4.78, 5) is 12.3. The first-order chi connectivity index (χ1) is 9.96. The Hall–Kier alpha value is -0.710. The molecule has 1 aromatic rings. The topological polar surface area (TPSA) is 78.5 Å². The zero-order valence-corrected chi connectivity index (χ0v) is 14.6. The van der Waals surface area contributed by atoms with Crippen LogP contribution in [0.1, 0.15) is 6.92 Å². The van der Waals surface area contributed by atoms with Crippen LogP contribution < -0.4 is 10.6 Å². The first kappa shape index (κ1) is 16.7. The fourth-order valence-corrected chi connectivity index (χ4v) is 4.18. The Labute approximate surface area is 138 Å². The van der Waals surface area contributed by atoms with E-state index in [4.69, 9.17) is 0 Å². The Bertz CT molecular complexity index is 604. The van der Waals surface area contributed by atoms with Crippen LogP contribution in [0.5, 0.6) is 0 Å². The SMILES string of the molecule is CCNC(=O)C1CNCCN1S(=O)(=O)c1ccc(I)cc1. The van der Waals surface area contributed by atoms with Crippen molar-refractivity contribution in [1.82, 2.24) is 14.9 Å². The summed E-state index contributed by atoms with van der Waals surface area (Å²) in [7, 11) is -3.66. The molecular weight excluding hydrogens is 405 g/mol. The number of rotatable bonds is 4. The van der Waals surface area contributed by atoms with Crippen LogP contribution >= 0.6 is 22.6 Å².